The summed E-state index contributed by atoms with van der Waals surface area (Å²) in [5, 5.41) is 0. The Balaban J connectivity index is 2.87. The van der Waals surface area contributed by atoms with E-state index in [9.17, 15) is 0 Å². The molecule has 13 heavy (non-hydrogen) atoms. The van der Waals surface area contributed by atoms with Crippen molar-refractivity contribution in [3.8, 4) is 5.75 Å². The highest BCUT2D eigenvalue weighted by molar-refractivity contribution is 5.39. The van der Waals surface area contributed by atoms with Gasteiger partial charge < -0.3 is 9.57 Å². The first-order valence-electron chi connectivity index (χ1n) is 4.23. The lowest BCUT2D eigenvalue weighted by atomic mass is 10.1. The lowest BCUT2D eigenvalue weighted by Crippen LogP contribution is -2.05. The third kappa shape index (κ3) is 2.44. The molecule has 0 aromatic heterocycles. The fraction of sp³-hybridized carbons (Fsp3) is 0.400. The molecule has 0 unspecified atom stereocenters. The Morgan fingerprint density at radius 3 is 2.77 bits per heavy atom. The standard InChI is InChI=1S/C10H15NO2/c1-8-4-3-5-10(12-2)9(8)6-7-13-11/h3-5H,6-7,11H2,1-2H3. The van der Waals surface area contributed by atoms with E-state index in [1.165, 1.54) is 5.56 Å². The second-order valence-corrected chi connectivity index (χ2v) is 2.88. The highest BCUT2D eigenvalue weighted by Gasteiger charge is 2.04. The number of ether oxygens (including phenoxy) is 1. The number of hydrogen-bond donors (Lipinski definition) is 1. The number of nitrogens with two attached hydrogens (primary N) is 1. The fourth-order valence-corrected chi connectivity index (χ4v) is 1.35. The van der Waals surface area contributed by atoms with Gasteiger partial charge in [0.1, 0.15) is 5.75 Å². The molecule has 1 rings (SSSR count). The van der Waals surface area contributed by atoms with Crippen LogP contribution in [0.2, 0.25) is 0 Å². The SMILES string of the molecule is COc1cccc(C)c1CCON. The van der Waals surface area contributed by atoms with Crippen molar-refractivity contribution in [3.05, 3.63) is 29.3 Å². The quantitative estimate of drug-likeness (QED) is 0.715. The lowest BCUT2D eigenvalue weighted by Gasteiger charge is -2.10. The van der Waals surface area contributed by atoms with E-state index in [0.29, 0.717) is 6.61 Å². The van der Waals surface area contributed by atoms with Crippen molar-refractivity contribution in [1.29, 1.82) is 0 Å². The van der Waals surface area contributed by atoms with Crippen molar-refractivity contribution in [2.24, 2.45) is 5.90 Å². The molecule has 0 aliphatic rings. The highest BCUT2D eigenvalue weighted by Crippen LogP contribution is 2.21. The summed E-state index contributed by atoms with van der Waals surface area (Å²) in [6, 6.07) is 5.97. The van der Waals surface area contributed by atoms with Crippen molar-refractivity contribution in [2.45, 2.75) is 13.3 Å². The first kappa shape index (κ1) is 10.0. The van der Waals surface area contributed by atoms with Crippen LogP contribution < -0.4 is 10.6 Å². The average molecular weight is 181 g/mol. The Kier molecular flexibility index (Phi) is 3.73. The van der Waals surface area contributed by atoms with Crippen LogP contribution in [0.5, 0.6) is 5.75 Å². The molecule has 0 amide bonds. The maximum atomic E-state index is 5.23. The molecule has 0 aliphatic heterocycles. The van der Waals surface area contributed by atoms with E-state index < -0.39 is 0 Å². The highest BCUT2D eigenvalue weighted by atomic mass is 16.6. The molecule has 3 heteroatoms. The summed E-state index contributed by atoms with van der Waals surface area (Å²) in [7, 11) is 1.67. The Hall–Kier alpha value is -1.06. The van der Waals surface area contributed by atoms with Gasteiger partial charge >= 0.3 is 0 Å². The van der Waals surface area contributed by atoms with Crippen LogP contribution in [-0.2, 0) is 11.3 Å². The molecule has 1 aromatic rings. The summed E-state index contributed by atoms with van der Waals surface area (Å²) in [5.74, 6) is 5.88. The predicted octanol–water partition coefficient (Wildman–Crippen LogP) is 1.44. The predicted molar refractivity (Wildman–Crippen MR) is 51.6 cm³/mol. The molecule has 0 spiro atoms. The molecule has 3 nitrogen and oxygen atoms in total. The number of benzene rings is 1. The van der Waals surface area contributed by atoms with Gasteiger partial charge in [0.05, 0.1) is 13.7 Å². The molecule has 0 bridgehead atoms. The normalized spacial score (nSPS) is 10.1. The van der Waals surface area contributed by atoms with E-state index in [2.05, 4.69) is 4.84 Å². The van der Waals surface area contributed by atoms with E-state index in [-0.39, 0.29) is 0 Å². The second kappa shape index (κ2) is 4.84. The minimum atomic E-state index is 0.515. The van der Waals surface area contributed by atoms with Crippen LogP contribution in [0.3, 0.4) is 0 Å². The van der Waals surface area contributed by atoms with Gasteiger partial charge in [0.15, 0.2) is 0 Å². The van der Waals surface area contributed by atoms with Crippen molar-refractivity contribution in [1.82, 2.24) is 0 Å². The van der Waals surface area contributed by atoms with Gasteiger partial charge in [-0.3, -0.25) is 0 Å². The van der Waals surface area contributed by atoms with E-state index in [4.69, 9.17) is 10.6 Å². The Labute approximate surface area is 78.4 Å². The van der Waals surface area contributed by atoms with Gasteiger partial charge in [-0.1, -0.05) is 12.1 Å². The third-order valence-corrected chi connectivity index (χ3v) is 2.06. The number of aryl methyl sites for hydroxylation is 1. The first-order chi connectivity index (χ1) is 6.29. The molecular weight excluding hydrogens is 166 g/mol. The van der Waals surface area contributed by atoms with E-state index in [1.54, 1.807) is 7.11 Å². The summed E-state index contributed by atoms with van der Waals surface area (Å²) in [5.41, 5.74) is 2.37. The first-order valence-corrected chi connectivity index (χ1v) is 4.23. The maximum absolute atomic E-state index is 5.23. The van der Waals surface area contributed by atoms with Gasteiger partial charge in [-0.15, -0.1) is 0 Å². The zero-order valence-corrected chi connectivity index (χ0v) is 8.04. The molecule has 1 aromatic carbocycles. The van der Waals surface area contributed by atoms with Gasteiger partial charge in [0.25, 0.3) is 0 Å². The minimum absolute atomic E-state index is 0.515. The van der Waals surface area contributed by atoms with E-state index >= 15 is 0 Å². The smallest absolute Gasteiger partial charge is 0.122 e. The Bertz CT molecular complexity index is 274. The third-order valence-electron chi connectivity index (χ3n) is 2.06. The molecule has 0 saturated carbocycles. The van der Waals surface area contributed by atoms with Crippen LogP contribution in [0.1, 0.15) is 11.1 Å². The van der Waals surface area contributed by atoms with Gasteiger partial charge in [0, 0.05) is 6.42 Å². The van der Waals surface area contributed by atoms with Crippen LogP contribution in [0.25, 0.3) is 0 Å². The molecule has 0 saturated heterocycles. The zero-order valence-electron chi connectivity index (χ0n) is 8.04. The van der Waals surface area contributed by atoms with Gasteiger partial charge in [-0.2, -0.15) is 0 Å². The summed E-state index contributed by atoms with van der Waals surface area (Å²) in [6.45, 7) is 2.57. The number of rotatable bonds is 4. The molecule has 0 atom stereocenters. The molecule has 2 N–H and O–H groups in total. The van der Waals surface area contributed by atoms with Gasteiger partial charge in [-0.25, -0.2) is 5.90 Å². The number of methoxy groups -OCH3 is 1. The molecule has 0 heterocycles. The minimum Gasteiger partial charge on any atom is -0.496 e. The lowest BCUT2D eigenvalue weighted by molar-refractivity contribution is 0.140. The Morgan fingerprint density at radius 2 is 2.15 bits per heavy atom. The van der Waals surface area contributed by atoms with E-state index in [1.807, 2.05) is 25.1 Å². The molecule has 72 valence electrons. The zero-order chi connectivity index (χ0) is 9.68. The fourth-order valence-electron chi connectivity index (χ4n) is 1.35. The van der Waals surface area contributed by atoms with Crippen molar-refractivity contribution >= 4 is 0 Å². The summed E-state index contributed by atoms with van der Waals surface area (Å²) in [6.07, 6.45) is 0.784. The Morgan fingerprint density at radius 1 is 1.38 bits per heavy atom. The van der Waals surface area contributed by atoms with Crippen LogP contribution in [0, 0.1) is 6.92 Å². The summed E-state index contributed by atoms with van der Waals surface area (Å²) >= 11 is 0. The van der Waals surface area contributed by atoms with Crippen molar-refractivity contribution < 1.29 is 9.57 Å². The molecule has 0 radical (unpaired) electrons. The largest absolute Gasteiger partial charge is 0.496 e. The van der Waals surface area contributed by atoms with E-state index in [0.717, 1.165) is 17.7 Å². The van der Waals surface area contributed by atoms with Crippen LogP contribution in [-0.4, -0.2) is 13.7 Å². The van der Waals surface area contributed by atoms with Crippen molar-refractivity contribution in [2.75, 3.05) is 13.7 Å². The number of hydrogen-bond acceptors (Lipinski definition) is 3. The molecule has 0 aliphatic carbocycles. The summed E-state index contributed by atoms with van der Waals surface area (Å²) in [4.78, 5) is 4.54. The van der Waals surface area contributed by atoms with Crippen LogP contribution in [0.4, 0.5) is 0 Å². The average Bonchev–Trinajstić information content (AvgIpc) is 2.15. The van der Waals surface area contributed by atoms with Gasteiger partial charge in [-0.05, 0) is 24.1 Å². The molecular formula is C10H15NO2. The molecule has 0 fully saturated rings. The topological polar surface area (TPSA) is 44.5 Å². The second-order valence-electron chi connectivity index (χ2n) is 2.88. The van der Waals surface area contributed by atoms with Gasteiger partial charge in [0.2, 0.25) is 0 Å². The maximum Gasteiger partial charge on any atom is 0.122 e. The van der Waals surface area contributed by atoms with Crippen LogP contribution in [0.15, 0.2) is 18.2 Å². The summed E-state index contributed by atoms with van der Waals surface area (Å²) < 4.78 is 5.23. The monoisotopic (exact) mass is 181 g/mol. The van der Waals surface area contributed by atoms with Crippen molar-refractivity contribution in [3.63, 3.8) is 0 Å². The van der Waals surface area contributed by atoms with Crippen LogP contribution >= 0.6 is 0 Å².